The van der Waals surface area contributed by atoms with Crippen LogP contribution < -0.4 is 10.1 Å². The molecule has 0 aliphatic carbocycles. The van der Waals surface area contributed by atoms with Gasteiger partial charge in [-0.2, -0.15) is 0 Å². The van der Waals surface area contributed by atoms with Crippen molar-refractivity contribution in [2.24, 2.45) is 0 Å². The summed E-state index contributed by atoms with van der Waals surface area (Å²) < 4.78 is 5.44. The number of carbonyl (C=O) groups is 1. The number of aliphatic hydroxyl groups is 1. The van der Waals surface area contributed by atoms with Crippen LogP contribution in [0, 0.1) is 0 Å². The summed E-state index contributed by atoms with van der Waals surface area (Å²) in [5.74, 6) is 0.551. The molecular formula is C14H20ClNO3. The molecule has 4 nitrogen and oxygen atoms in total. The number of halogens is 1. The molecule has 0 saturated heterocycles. The van der Waals surface area contributed by atoms with Crippen LogP contribution in [0.15, 0.2) is 24.3 Å². The van der Waals surface area contributed by atoms with Crippen LogP contribution in [0.3, 0.4) is 0 Å². The van der Waals surface area contributed by atoms with Crippen molar-refractivity contribution in [2.75, 3.05) is 13.2 Å². The molecule has 0 aromatic heterocycles. The van der Waals surface area contributed by atoms with Crippen molar-refractivity contribution in [1.82, 2.24) is 5.32 Å². The van der Waals surface area contributed by atoms with Gasteiger partial charge >= 0.3 is 0 Å². The Morgan fingerprint density at radius 1 is 1.47 bits per heavy atom. The minimum absolute atomic E-state index is 0.0479. The van der Waals surface area contributed by atoms with Gasteiger partial charge in [0.05, 0.1) is 13.0 Å². The smallest absolute Gasteiger partial charge is 0.223 e. The standard InChI is InChI=1S/C14H20ClNO3/c1-14(2,7-8-17)16-13(18)6-9-19-12-5-3-4-11(15)10-12/h3-5,10,17H,6-9H2,1-2H3,(H,16,18). The van der Waals surface area contributed by atoms with Crippen LogP contribution in [-0.4, -0.2) is 29.8 Å². The predicted molar refractivity (Wildman–Crippen MR) is 75.5 cm³/mol. The van der Waals surface area contributed by atoms with Gasteiger partial charge in [0.2, 0.25) is 5.91 Å². The SMILES string of the molecule is CC(C)(CCO)NC(=O)CCOc1cccc(Cl)c1. The number of carbonyl (C=O) groups excluding carboxylic acids is 1. The summed E-state index contributed by atoms with van der Waals surface area (Å²) >= 11 is 5.83. The zero-order chi connectivity index (χ0) is 14.3. The van der Waals surface area contributed by atoms with Crippen LogP contribution in [0.2, 0.25) is 5.02 Å². The Morgan fingerprint density at radius 2 is 2.21 bits per heavy atom. The molecule has 0 radical (unpaired) electrons. The minimum Gasteiger partial charge on any atom is -0.493 e. The lowest BCUT2D eigenvalue weighted by atomic mass is 10.0. The van der Waals surface area contributed by atoms with E-state index < -0.39 is 5.54 Å². The molecular weight excluding hydrogens is 266 g/mol. The van der Waals surface area contributed by atoms with Gasteiger partial charge in [0.1, 0.15) is 5.75 Å². The number of rotatable bonds is 7. The van der Waals surface area contributed by atoms with Gasteiger partial charge in [-0.05, 0) is 38.5 Å². The quantitative estimate of drug-likeness (QED) is 0.809. The maximum atomic E-state index is 11.7. The van der Waals surface area contributed by atoms with Crippen molar-refractivity contribution in [2.45, 2.75) is 32.2 Å². The van der Waals surface area contributed by atoms with Gasteiger partial charge in [0, 0.05) is 17.2 Å². The molecule has 106 valence electrons. The van der Waals surface area contributed by atoms with Crippen LogP contribution in [-0.2, 0) is 4.79 Å². The second kappa shape index (κ2) is 7.36. The Labute approximate surface area is 118 Å². The van der Waals surface area contributed by atoms with Crippen LogP contribution in [0.5, 0.6) is 5.75 Å². The van der Waals surface area contributed by atoms with Gasteiger partial charge in [-0.25, -0.2) is 0 Å². The van der Waals surface area contributed by atoms with Gasteiger partial charge in [0.25, 0.3) is 0 Å². The maximum Gasteiger partial charge on any atom is 0.223 e. The lowest BCUT2D eigenvalue weighted by molar-refractivity contribution is -0.123. The van der Waals surface area contributed by atoms with Crippen LogP contribution in [0.1, 0.15) is 26.7 Å². The zero-order valence-corrected chi connectivity index (χ0v) is 12.0. The normalized spacial score (nSPS) is 11.2. The first-order chi connectivity index (χ1) is 8.93. The molecule has 0 atom stereocenters. The number of amides is 1. The molecule has 0 spiro atoms. The lowest BCUT2D eigenvalue weighted by Crippen LogP contribution is -2.44. The topological polar surface area (TPSA) is 58.6 Å². The summed E-state index contributed by atoms with van der Waals surface area (Å²) in [4.78, 5) is 11.7. The monoisotopic (exact) mass is 285 g/mol. The lowest BCUT2D eigenvalue weighted by Gasteiger charge is -2.25. The average Bonchev–Trinajstić information content (AvgIpc) is 2.27. The van der Waals surface area contributed by atoms with Crippen molar-refractivity contribution in [3.8, 4) is 5.75 Å². The fourth-order valence-corrected chi connectivity index (χ4v) is 1.78. The molecule has 5 heteroatoms. The van der Waals surface area contributed by atoms with Gasteiger partial charge in [-0.1, -0.05) is 17.7 Å². The number of aliphatic hydroxyl groups excluding tert-OH is 1. The first-order valence-corrected chi connectivity index (χ1v) is 6.61. The molecule has 0 saturated carbocycles. The third-order valence-electron chi connectivity index (χ3n) is 2.61. The Kier molecular flexibility index (Phi) is 6.12. The van der Waals surface area contributed by atoms with Crippen LogP contribution in [0.4, 0.5) is 0 Å². The Hall–Kier alpha value is -1.26. The third kappa shape index (κ3) is 6.45. The number of hydrogen-bond donors (Lipinski definition) is 2. The Morgan fingerprint density at radius 3 is 2.84 bits per heavy atom. The average molecular weight is 286 g/mol. The number of benzene rings is 1. The maximum absolute atomic E-state index is 11.7. The van der Waals surface area contributed by atoms with Crippen LogP contribution in [0.25, 0.3) is 0 Å². The van der Waals surface area contributed by atoms with Crippen molar-refractivity contribution in [3.63, 3.8) is 0 Å². The molecule has 1 rings (SSSR count). The van der Waals surface area contributed by atoms with E-state index in [1.165, 1.54) is 0 Å². The highest BCUT2D eigenvalue weighted by atomic mass is 35.5. The first-order valence-electron chi connectivity index (χ1n) is 6.23. The summed E-state index contributed by atoms with van der Waals surface area (Å²) in [5, 5.41) is 12.3. The number of nitrogens with one attached hydrogen (secondary N) is 1. The summed E-state index contributed by atoms with van der Waals surface area (Å²) in [7, 11) is 0. The van der Waals surface area contributed by atoms with E-state index in [4.69, 9.17) is 21.4 Å². The van der Waals surface area contributed by atoms with E-state index in [-0.39, 0.29) is 18.9 Å². The third-order valence-corrected chi connectivity index (χ3v) is 2.84. The molecule has 1 amide bonds. The van der Waals surface area contributed by atoms with Crippen molar-refractivity contribution < 1.29 is 14.6 Å². The highest BCUT2D eigenvalue weighted by Crippen LogP contribution is 2.17. The molecule has 1 aromatic carbocycles. The molecule has 1 aromatic rings. The largest absolute Gasteiger partial charge is 0.493 e. The first kappa shape index (κ1) is 15.8. The summed E-state index contributed by atoms with van der Waals surface area (Å²) in [6.07, 6.45) is 0.787. The van der Waals surface area contributed by atoms with Crippen molar-refractivity contribution in [3.05, 3.63) is 29.3 Å². The molecule has 2 N–H and O–H groups in total. The minimum atomic E-state index is -0.401. The van der Waals surface area contributed by atoms with E-state index in [0.717, 1.165) is 0 Å². The molecule has 0 aliphatic heterocycles. The fraction of sp³-hybridized carbons (Fsp3) is 0.500. The summed E-state index contributed by atoms with van der Waals surface area (Å²) in [5.41, 5.74) is -0.401. The second-order valence-electron chi connectivity index (χ2n) is 4.96. The number of ether oxygens (including phenoxy) is 1. The zero-order valence-electron chi connectivity index (χ0n) is 11.3. The number of hydrogen-bond acceptors (Lipinski definition) is 3. The molecule has 19 heavy (non-hydrogen) atoms. The van der Waals surface area contributed by atoms with E-state index in [0.29, 0.717) is 23.8 Å². The highest BCUT2D eigenvalue weighted by Gasteiger charge is 2.19. The molecule has 0 unspecified atom stereocenters. The molecule has 0 bridgehead atoms. The fourth-order valence-electron chi connectivity index (χ4n) is 1.60. The van der Waals surface area contributed by atoms with Crippen LogP contribution >= 0.6 is 11.6 Å². The van der Waals surface area contributed by atoms with Gasteiger partial charge < -0.3 is 15.2 Å². The van der Waals surface area contributed by atoms with Gasteiger partial charge in [0.15, 0.2) is 0 Å². The van der Waals surface area contributed by atoms with E-state index in [1.807, 2.05) is 13.8 Å². The van der Waals surface area contributed by atoms with Gasteiger partial charge in [-0.15, -0.1) is 0 Å². The summed E-state index contributed by atoms with van der Waals surface area (Å²) in [6.45, 7) is 4.09. The van der Waals surface area contributed by atoms with Crippen molar-refractivity contribution >= 4 is 17.5 Å². The van der Waals surface area contributed by atoms with Gasteiger partial charge in [-0.3, -0.25) is 4.79 Å². The van der Waals surface area contributed by atoms with E-state index >= 15 is 0 Å². The highest BCUT2D eigenvalue weighted by molar-refractivity contribution is 6.30. The second-order valence-corrected chi connectivity index (χ2v) is 5.40. The molecule has 0 heterocycles. The van der Waals surface area contributed by atoms with E-state index in [2.05, 4.69) is 5.32 Å². The Bertz CT molecular complexity index is 421. The van der Waals surface area contributed by atoms with E-state index in [9.17, 15) is 4.79 Å². The van der Waals surface area contributed by atoms with Crippen molar-refractivity contribution in [1.29, 1.82) is 0 Å². The molecule has 0 fully saturated rings. The Balaban J connectivity index is 2.31. The van der Waals surface area contributed by atoms with E-state index in [1.54, 1.807) is 24.3 Å². The molecule has 0 aliphatic rings. The summed E-state index contributed by atoms with van der Waals surface area (Å²) in [6, 6.07) is 7.05. The predicted octanol–water partition coefficient (Wildman–Crippen LogP) is 2.39.